The van der Waals surface area contributed by atoms with E-state index in [1.54, 1.807) is 0 Å². The molecule has 13 heteroatoms. The number of aliphatic carboxylic acids is 2. The van der Waals surface area contributed by atoms with Crippen LogP contribution in [0.4, 0.5) is 0 Å². The number of carboxylic acid groups (broad SMARTS) is 2. The van der Waals surface area contributed by atoms with Gasteiger partial charge in [0.2, 0.25) is 0 Å². The SMILES string of the molecule is C[C@@H]1O[C@H](O[C@@H]2[C@@H](O)[C@H](O[C@H]3CC[C@@]4(C)[C@H](CC[C@]5(C)[C@H]4CC=C4[C@@H]6CC(C)(C)CC[C@]6(C(=O)O)CC[C@]45C)C3(C)C)O[C@H](C(=O)O)[C@H]2O)[C@H](O)[C@H](O)[C@H]1O. The Morgan fingerprint density at radius 3 is 2.04 bits per heavy atom. The van der Waals surface area contributed by atoms with Crippen LogP contribution >= 0.6 is 0 Å². The minimum Gasteiger partial charge on any atom is -0.481 e. The second-order valence-corrected chi connectivity index (χ2v) is 20.7. The number of ether oxygens (including phenoxy) is 4. The van der Waals surface area contributed by atoms with E-state index >= 15 is 0 Å². The van der Waals surface area contributed by atoms with Crippen molar-refractivity contribution >= 4 is 11.9 Å². The van der Waals surface area contributed by atoms with Gasteiger partial charge in [-0.15, -0.1) is 0 Å². The van der Waals surface area contributed by atoms with Crippen LogP contribution in [0.2, 0.25) is 0 Å². The fraction of sp³-hybridized carbons (Fsp3) is 0.905. The third-order valence-electron chi connectivity index (χ3n) is 17.2. The van der Waals surface area contributed by atoms with Gasteiger partial charge in [-0.25, -0.2) is 4.79 Å². The van der Waals surface area contributed by atoms with Crippen LogP contribution in [-0.2, 0) is 28.5 Å². The lowest BCUT2D eigenvalue weighted by Crippen LogP contribution is -2.67. The molecule has 0 aromatic rings. The molecule has 0 unspecified atom stereocenters. The van der Waals surface area contributed by atoms with Crippen molar-refractivity contribution in [1.82, 2.24) is 0 Å². The predicted octanol–water partition coefficient (Wildman–Crippen LogP) is 4.00. The maximum absolute atomic E-state index is 13.0. The summed E-state index contributed by atoms with van der Waals surface area (Å²) in [5.41, 5.74) is 0.0941. The lowest BCUT2D eigenvalue weighted by Gasteiger charge is -2.71. The molecule has 4 saturated carbocycles. The zero-order valence-electron chi connectivity index (χ0n) is 33.8. The van der Waals surface area contributed by atoms with Crippen molar-refractivity contribution in [2.24, 2.45) is 50.2 Å². The number of carboxylic acids is 2. The average Bonchev–Trinajstić information content (AvgIpc) is 3.09. The van der Waals surface area contributed by atoms with Gasteiger partial charge in [0.15, 0.2) is 18.7 Å². The van der Waals surface area contributed by atoms with Crippen molar-refractivity contribution in [3.8, 4) is 0 Å². The Kier molecular flexibility index (Phi) is 10.3. The monoisotopic (exact) mass is 778 g/mol. The molecule has 7 aliphatic rings. The van der Waals surface area contributed by atoms with E-state index in [9.17, 15) is 45.3 Å². The molecule has 312 valence electrons. The maximum Gasteiger partial charge on any atom is 0.335 e. The standard InChI is InChI=1S/C42H66O13/c1-20-26(43)27(44)28(45)34(52-20)54-31-29(46)32(33(48)49)55-35(30(31)47)53-25-12-13-39(6)23(38(25,4)5)11-14-41(8)24(39)10-9-21-22-19-37(2,3)15-17-42(22,36(50)51)18-16-40(21,41)7/h9,20,22-32,34-35,43-47H,10-19H2,1-8H3,(H,48,49)(H,50,51)/t20-,22-,23+,24-,25-,26-,27+,28+,29-,30+,31-,32-,34+,35+,39-,40+,41+,42-/m0/s1. The molecule has 13 nitrogen and oxygen atoms in total. The number of aliphatic hydroxyl groups is 5. The number of hydrogen-bond donors (Lipinski definition) is 7. The molecular formula is C42H66O13. The van der Waals surface area contributed by atoms with Crippen molar-refractivity contribution in [1.29, 1.82) is 0 Å². The molecule has 0 radical (unpaired) electrons. The molecule has 7 N–H and O–H groups in total. The van der Waals surface area contributed by atoms with Gasteiger partial charge in [0, 0.05) is 0 Å². The maximum atomic E-state index is 13.0. The molecule has 0 aromatic heterocycles. The summed E-state index contributed by atoms with van der Waals surface area (Å²) >= 11 is 0. The Morgan fingerprint density at radius 1 is 0.727 bits per heavy atom. The van der Waals surface area contributed by atoms with Crippen molar-refractivity contribution in [3.63, 3.8) is 0 Å². The highest BCUT2D eigenvalue weighted by Crippen LogP contribution is 2.76. The van der Waals surface area contributed by atoms with Crippen LogP contribution < -0.4 is 0 Å². The lowest BCUT2D eigenvalue weighted by atomic mass is 9.33. The van der Waals surface area contributed by atoms with Crippen LogP contribution in [0, 0.1) is 50.2 Å². The fourth-order valence-corrected chi connectivity index (χ4v) is 13.6. The van der Waals surface area contributed by atoms with Gasteiger partial charge in [-0.05, 0) is 116 Å². The second-order valence-electron chi connectivity index (χ2n) is 20.7. The Balaban J connectivity index is 1.13. The van der Waals surface area contributed by atoms with Gasteiger partial charge in [-0.2, -0.15) is 0 Å². The largest absolute Gasteiger partial charge is 0.481 e. The topological polar surface area (TPSA) is 213 Å². The first kappa shape index (κ1) is 41.5. The van der Waals surface area contributed by atoms with Crippen molar-refractivity contribution in [2.75, 3.05) is 0 Å². The molecule has 0 amide bonds. The quantitative estimate of drug-likeness (QED) is 0.150. The van der Waals surface area contributed by atoms with Crippen LogP contribution in [0.25, 0.3) is 0 Å². The number of allylic oxidation sites excluding steroid dienone is 2. The molecule has 0 aromatic carbocycles. The first-order valence-electron chi connectivity index (χ1n) is 20.6. The molecule has 55 heavy (non-hydrogen) atoms. The van der Waals surface area contributed by atoms with E-state index in [1.165, 1.54) is 12.5 Å². The zero-order chi connectivity index (χ0) is 40.4. The smallest absolute Gasteiger partial charge is 0.335 e. The third kappa shape index (κ3) is 6.10. The molecule has 18 atom stereocenters. The van der Waals surface area contributed by atoms with Crippen LogP contribution in [0.1, 0.15) is 120 Å². The van der Waals surface area contributed by atoms with Gasteiger partial charge in [0.1, 0.15) is 36.6 Å². The average molecular weight is 779 g/mol. The number of fused-ring (bicyclic) bond motifs is 7. The number of rotatable bonds is 6. The summed E-state index contributed by atoms with van der Waals surface area (Å²) in [6.45, 7) is 17.7. The van der Waals surface area contributed by atoms with E-state index in [-0.39, 0.29) is 33.5 Å². The van der Waals surface area contributed by atoms with E-state index in [0.29, 0.717) is 18.8 Å². The van der Waals surface area contributed by atoms with Crippen molar-refractivity contribution in [2.45, 2.75) is 187 Å². The number of aliphatic hydroxyl groups excluding tert-OH is 5. The Bertz CT molecular complexity index is 1550. The highest BCUT2D eigenvalue weighted by molar-refractivity contribution is 5.76. The van der Waals surface area contributed by atoms with Crippen LogP contribution in [0.15, 0.2) is 11.6 Å². The first-order valence-corrected chi connectivity index (χ1v) is 20.6. The molecular weight excluding hydrogens is 712 g/mol. The summed E-state index contributed by atoms with van der Waals surface area (Å²) in [7, 11) is 0. The van der Waals surface area contributed by atoms with Crippen LogP contribution in [0.5, 0.6) is 0 Å². The summed E-state index contributed by atoms with van der Waals surface area (Å²) in [6, 6.07) is 0. The number of carbonyl (C=O) groups is 2. The molecule has 5 aliphatic carbocycles. The minimum absolute atomic E-state index is 0.0345. The Labute approximate surface area is 324 Å². The van der Waals surface area contributed by atoms with Gasteiger partial charge in [-0.1, -0.05) is 60.1 Å². The number of hydrogen-bond acceptors (Lipinski definition) is 11. The summed E-state index contributed by atoms with van der Waals surface area (Å²) in [5, 5.41) is 74.4. The second kappa shape index (κ2) is 13.7. The lowest BCUT2D eigenvalue weighted by molar-refractivity contribution is -0.363. The fourth-order valence-electron chi connectivity index (χ4n) is 13.6. The van der Waals surface area contributed by atoms with Gasteiger partial charge >= 0.3 is 11.9 Å². The van der Waals surface area contributed by atoms with Crippen molar-refractivity contribution < 1.29 is 64.3 Å². The van der Waals surface area contributed by atoms with Gasteiger partial charge in [-0.3, -0.25) is 4.79 Å². The van der Waals surface area contributed by atoms with E-state index in [2.05, 4.69) is 54.5 Å². The van der Waals surface area contributed by atoms with Gasteiger partial charge in [0.05, 0.1) is 17.6 Å². The third-order valence-corrected chi connectivity index (χ3v) is 17.2. The van der Waals surface area contributed by atoms with Crippen molar-refractivity contribution in [3.05, 3.63) is 11.6 Å². The summed E-state index contributed by atoms with van der Waals surface area (Å²) in [6.07, 6.45) is -5.46. The molecule has 2 saturated heterocycles. The van der Waals surface area contributed by atoms with E-state index in [0.717, 1.165) is 51.4 Å². The van der Waals surface area contributed by atoms with Crippen LogP contribution in [0.3, 0.4) is 0 Å². The molecule has 2 aliphatic heterocycles. The minimum atomic E-state index is -1.87. The zero-order valence-corrected chi connectivity index (χ0v) is 33.8. The highest BCUT2D eigenvalue weighted by Gasteiger charge is 2.69. The molecule has 6 fully saturated rings. The van der Waals surface area contributed by atoms with Gasteiger partial charge in [0.25, 0.3) is 0 Å². The molecule has 7 rings (SSSR count). The molecule has 0 bridgehead atoms. The summed E-state index contributed by atoms with van der Waals surface area (Å²) in [5.74, 6) is -1.54. The van der Waals surface area contributed by atoms with E-state index in [4.69, 9.17) is 18.9 Å². The molecule has 0 spiro atoms. The van der Waals surface area contributed by atoms with E-state index in [1.807, 2.05) is 0 Å². The molecule has 2 heterocycles. The predicted molar refractivity (Wildman–Crippen MR) is 197 cm³/mol. The van der Waals surface area contributed by atoms with E-state index < -0.39 is 90.3 Å². The van der Waals surface area contributed by atoms with Crippen LogP contribution in [-0.4, -0.2) is 115 Å². The van der Waals surface area contributed by atoms with Gasteiger partial charge < -0.3 is 54.7 Å². The normalized spacial score (nSPS) is 53.1. The summed E-state index contributed by atoms with van der Waals surface area (Å²) < 4.78 is 23.7. The first-order chi connectivity index (χ1) is 25.4. The Morgan fingerprint density at radius 2 is 1.38 bits per heavy atom. The highest BCUT2D eigenvalue weighted by atomic mass is 16.7. The summed E-state index contributed by atoms with van der Waals surface area (Å²) in [4.78, 5) is 25.3. The Hall–Kier alpha value is -1.68.